The number of nitrogens with two attached hydrogens (primary N) is 1. The van der Waals surface area contributed by atoms with E-state index in [9.17, 15) is 22.8 Å². The number of primary amides is 1. The molecule has 2 fully saturated rings. The Morgan fingerprint density at radius 1 is 1.19 bits per heavy atom. The molecule has 0 bridgehead atoms. The Balaban J connectivity index is 1.23. The number of hydrogen-bond donors (Lipinski definition) is 1. The molecule has 1 atom stereocenters. The Bertz CT molecular complexity index is 1020. The lowest BCUT2D eigenvalue weighted by atomic mass is 9.83. The summed E-state index contributed by atoms with van der Waals surface area (Å²) in [4.78, 5) is 33.9. The van der Waals surface area contributed by atoms with Crippen molar-refractivity contribution in [2.24, 2.45) is 11.7 Å². The van der Waals surface area contributed by atoms with Crippen molar-refractivity contribution in [3.63, 3.8) is 0 Å². The quantitative estimate of drug-likeness (QED) is 0.564. The van der Waals surface area contributed by atoms with Crippen LogP contribution in [0.2, 0.25) is 0 Å². The van der Waals surface area contributed by atoms with Crippen molar-refractivity contribution in [3.05, 3.63) is 42.0 Å². The second kappa shape index (κ2) is 9.28. The minimum Gasteiger partial charge on any atom is -0.486 e. The van der Waals surface area contributed by atoms with Crippen LogP contribution >= 0.6 is 8.58 Å². The number of rotatable bonds is 9. The summed E-state index contributed by atoms with van der Waals surface area (Å²) in [6.07, 6.45) is 1.99. The molecule has 12 heteroatoms. The van der Waals surface area contributed by atoms with E-state index in [0.29, 0.717) is 31.9 Å². The first-order chi connectivity index (χ1) is 15.3. The molecule has 1 amide bonds. The van der Waals surface area contributed by atoms with Crippen molar-refractivity contribution >= 4 is 26.0 Å². The molecule has 32 heavy (non-hydrogen) atoms. The smallest absolute Gasteiger partial charge is 0.387 e. The van der Waals surface area contributed by atoms with E-state index in [-0.39, 0.29) is 49.0 Å². The number of benzene rings is 1. The molecule has 2 heterocycles. The van der Waals surface area contributed by atoms with E-state index in [2.05, 4.69) is 14.7 Å². The Labute approximate surface area is 183 Å². The summed E-state index contributed by atoms with van der Waals surface area (Å²) < 4.78 is 48.4. The van der Waals surface area contributed by atoms with Gasteiger partial charge < -0.3 is 20.1 Å². The Morgan fingerprint density at radius 3 is 2.62 bits per heavy atom. The summed E-state index contributed by atoms with van der Waals surface area (Å²) in [6, 6.07) is 4.53. The fraction of sp³-hybridized carbons (Fsp3) is 0.400. The van der Waals surface area contributed by atoms with Crippen molar-refractivity contribution in [1.29, 1.82) is 0 Å². The molecular formula is C20H20F3N4O4P. The van der Waals surface area contributed by atoms with Crippen LogP contribution in [0.4, 0.5) is 19.1 Å². The highest BCUT2D eigenvalue weighted by atomic mass is 31.1. The van der Waals surface area contributed by atoms with Gasteiger partial charge in [-0.1, -0.05) is 0 Å². The highest BCUT2D eigenvalue weighted by Crippen LogP contribution is 2.42. The summed E-state index contributed by atoms with van der Waals surface area (Å²) >= 11 is 0. The third kappa shape index (κ3) is 5.09. The van der Waals surface area contributed by atoms with Crippen LogP contribution in [-0.2, 0) is 4.79 Å². The molecule has 8 nitrogen and oxygen atoms in total. The molecule has 2 aromatic rings. The molecule has 0 spiro atoms. The number of carbonyl (C=O) groups excluding carboxylic acids is 2. The van der Waals surface area contributed by atoms with Gasteiger partial charge in [-0.2, -0.15) is 8.78 Å². The normalized spacial score (nSPS) is 20.8. The van der Waals surface area contributed by atoms with Crippen molar-refractivity contribution in [2.75, 3.05) is 18.0 Å². The molecular weight excluding hydrogens is 448 g/mol. The zero-order valence-electron chi connectivity index (χ0n) is 16.7. The maximum absolute atomic E-state index is 13.5. The lowest BCUT2D eigenvalue weighted by Gasteiger charge is -2.41. The average molecular weight is 468 g/mol. The number of amides is 1. The SMILES string of the molecule is NC(=O)c1ccnc(N2CC(PC(=O)C3CC(Oc4cc(F)ccc4OC(F)F)C3)C2)n1. The number of nitrogens with zero attached hydrogens (tertiary/aromatic N) is 3. The molecule has 1 aromatic heterocycles. The van der Waals surface area contributed by atoms with E-state index in [1.807, 2.05) is 4.90 Å². The Kier molecular flexibility index (Phi) is 6.45. The van der Waals surface area contributed by atoms with Gasteiger partial charge in [-0.3, -0.25) is 9.59 Å². The van der Waals surface area contributed by atoms with Gasteiger partial charge >= 0.3 is 6.61 Å². The van der Waals surface area contributed by atoms with E-state index in [1.165, 1.54) is 12.3 Å². The van der Waals surface area contributed by atoms with Crippen LogP contribution < -0.4 is 20.1 Å². The third-order valence-corrected chi connectivity index (χ3v) is 6.75. The number of hydrogen-bond acceptors (Lipinski definition) is 7. The fourth-order valence-corrected chi connectivity index (χ4v) is 5.01. The number of aromatic nitrogens is 2. The second-order valence-corrected chi connectivity index (χ2v) is 9.19. The molecule has 170 valence electrons. The number of anilines is 1. The molecule has 1 aliphatic carbocycles. The van der Waals surface area contributed by atoms with Gasteiger partial charge in [-0.15, -0.1) is 0 Å². The van der Waals surface area contributed by atoms with Crippen LogP contribution in [0.1, 0.15) is 23.3 Å². The number of alkyl halides is 2. The van der Waals surface area contributed by atoms with Gasteiger partial charge in [0.2, 0.25) is 5.95 Å². The van der Waals surface area contributed by atoms with E-state index >= 15 is 0 Å². The van der Waals surface area contributed by atoms with Gasteiger partial charge in [0.25, 0.3) is 5.91 Å². The van der Waals surface area contributed by atoms with Gasteiger partial charge in [0.05, 0.1) is 0 Å². The van der Waals surface area contributed by atoms with E-state index < -0.39 is 18.3 Å². The molecule has 4 rings (SSSR count). The topological polar surface area (TPSA) is 108 Å². The molecule has 1 saturated heterocycles. The second-order valence-electron chi connectivity index (χ2n) is 7.59. The molecule has 1 aromatic carbocycles. The van der Waals surface area contributed by atoms with Crippen LogP contribution in [0.3, 0.4) is 0 Å². The molecule has 2 N–H and O–H groups in total. The summed E-state index contributed by atoms with van der Waals surface area (Å²) in [5, 5.41) is 0. The van der Waals surface area contributed by atoms with Crippen molar-refractivity contribution in [3.8, 4) is 11.5 Å². The van der Waals surface area contributed by atoms with Crippen LogP contribution in [-0.4, -0.2) is 52.9 Å². The number of carbonyl (C=O) groups is 2. The highest BCUT2D eigenvalue weighted by Gasteiger charge is 2.39. The van der Waals surface area contributed by atoms with E-state index in [4.69, 9.17) is 10.5 Å². The first-order valence-electron chi connectivity index (χ1n) is 9.87. The third-order valence-electron chi connectivity index (χ3n) is 5.29. The van der Waals surface area contributed by atoms with Crippen molar-refractivity contribution < 1.29 is 32.2 Å². The van der Waals surface area contributed by atoms with Crippen LogP contribution in [0.5, 0.6) is 11.5 Å². The summed E-state index contributed by atoms with van der Waals surface area (Å²) in [5.74, 6) is -1.36. The number of ether oxygens (including phenoxy) is 2. The highest BCUT2D eigenvalue weighted by molar-refractivity contribution is 7.58. The Hall–Kier alpha value is -2.94. The fourth-order valence-electron chi connectivity index (χ4n) is 3.51. The zero-order chi connectivity index (χ0) is 22.8. The van der Waals surface area contributed by atoms with E-state index in [0.717, 1.165) is 18.2 Å². The maximum Gasteiger partial charge on any atom is 0.387 e. The Morgan fingerprint density at radius 2 is 1.94 bits per heavy atom. The molecule has 2 aliphatic rings. The molecule has 0 radical (unpaired) electrons. The predicted octanol–water partition coefficient (Wildman–Crippen LogP) is 2.57. The van der Waals surface area contributed by atoms with Crippen molar-refractivity contribution in [2.45, 2.75) is 31.2 Å². The van der Waals surface area contributed by atoms with Crippen molar-refractivity contribution in [1.82, 2.24) is 9.97 Å². The summed E-state index contributed by atoms with van der Waals surface area (Å²) in [7, 11) is 0.111. The predicted molar refractivity (Wildman–Crippen MR) is 110 cm³/mol. The lowest BCUT2D eigenvalue weighted by Crippen LogP contribution is -2.50. The average Bonchev–Trinajstić information content (AvgIpc) is 2.68. The summed E-state index contributed by atoms with van der Waals surface area (Å²) in [5.41, 5.74) is 5.67. The van der Waals surface area contributed by atoms with Crippen LogP contribution in [0.25, 0.3) is 0 Å². The monoisotopic (exact) mass is 468 g/mol. The maximum atomic E-state index is 13.5. The van der Waals surface area contributed by atoms with Gasteiger partial charge in [0, 0.05) is 36.9 Å². The lowest BCUT2D eigenvalue weighted by molar-refractivity contribution is -0.120. The molecule has 1 unspecified atom stereocenters. The van der Waals surface area contributed by atoms with Gasteiger partial charge in [0.1, 0.15) is 17.6 Å². The largest absolute Gasteiger partial charge is 0.486 e. The zero-order valence-corrected chi connectivity index (χ0v) is 17.7. The minimum absolute atomic E-state index is 0.100. The minimum atomic E-state index is -3.05. The standard InChI is InChI=1S/C20H20F3N4O4P/c21-11-1-2-15(31-19(22)23)16(7-11)30-12-5-10(6-12)18(29)32-13-8-27(9-13)20-25-4-3-14(26-20)17(24)28/h1-4,7,10,12-13,19,32H,5-6,8-9H2,(H2,24,28). The van der Waals surface area contributed by atoms with Crippen LogP contribution in [0, 0.1) is 11.7 Å². The first kappa shape index (κ1) is 22.3. The van der Waals surface area contributed by atoms with Gasteiger partial charge in [-0.05, 0) is 39.6 Å². The molecule has 1 aliphatic heterocycles. The van der Waals surface area contributed by atoms with Gasteiger partial charge in [-0.25, -0.2) is 14.4 Å². The number of halogens is 3. The summed E-state index contributed by atoms with van der Waals surface area (Å²) in [6.45, 7) is -1.83. The molecule has 1 saturated carbocycles. The van der Waals surface area contributed by atoms with Gasteiger partial charge in [0.15, 0.2) is 17.0 Å². The van der Waals surface area contributed by atoms with E-state index in [1.54, 1.807) is 0 Å². The van der Waals surface area contributed by atoms with Crippen LogP contribution in [0.15, 0.2) is 30.5 Å². The first-order valence-corrected chi connectivity index (χ1v) is 11.0.